The number of anilines is 1. The zero-order valence-corrected chi connectivity index (χ0v) is 13.2. The highest BCUT2D eigenvalue weighted by molar-refractivity contribution is 5.69. The molecular formula is C16H25N3O2. The first-order valence-electron chi connectivity index (χ1n) is 7.86. The maximum Gasteiger partial charge on any atom is 0.306 e. The van der Waals surface area contributed by atoms with Gasteiger partial charge in [-0.25, -0.2) is 9.97 Å². The van der Waals surface area contributed by atoms with Crippen LogP contribution in [0.15, 0.2) is 0 Å². The standard InChI is InChI=1S/C16H25N3O2/c1-11(2)21-15(20)9-6-10-17-16-13-7-4-5-8-14(13)18-12(3)19-16/h11H,4-10H2,1-3H3,(H,17,18,19). The lowest BCUT2D eigenvalue weighted by atomic mass is 9.96. The summed E-state index contributed by atoms with van der Waals surface area (Å²) >= 11 is 0. The van der Waals surface area contributed by atoms with Crippen LogP contribution in [-0.2, 0) is 22.4 Å². The summed E-state index contributed by atoms with van der Waals surface area (Å²) in [6.45, 7) is 6.40. The third-order valence-electron chi connectivity index (χ3n) is 3.51. The maximum atomic E-state index is 11.5. The van der Waals surface area contributed by atoms with Gasteiger partial charge in [-0.05, 0) is 52.9 Å². The van der Waals surface area contributed by atoms with Crippen LogP contribution in [0.1, 0.15) is 56.6 Å². The Morgan fingerprint density at radius 2 is 2.05 bits per heavy atom. The molecule has 0 aliphatic heterocycles. The van der Waals surface area contributed by atoms with E-state index in [2.05, 4.69) is 15.3 Å². The fraction of sp³-hybridized carbons (Fsp3) is 0.688. The lowest BCUT2D eigenvalue weighted by Crippen LogP contribution is -2.16. The number of carbonyl (C=O) groups excluding carboxylic acids is 1. The summed E-state index contributed by atoms with van der Waals surface area (Å²) < 4.78 is 5.12. The first-order chi connectivity index (χ1) is 10.1. The van der Waals surface area contributed by atoms with Gasteiger partial charge >= 0.3 is 5.97 Å². The average molecular weight is 291 g/mol. The van der Waals surface area contributed by atoms with E-state index in [0.717, 1.165) is 37.4 Å². The molecule has 2 rings (SSSR count). The number of aryl methyl sites for hydroxylation is 2. The molecule has 1 aliphatic carbocycles. The van der Waals surface area contributed by atoms with Crippen LogP contribution in [0.5, 0.6) is 0 Å². The number of fused-ring (bicyclic) bond motifs is 1. The van der Waals surface area contributed by atoms with Crippen molar-refractivity contribution in [2.45, 2.75) is 65.4 Å². The molecule has 1 aliphatic rings. The molecule has 0 radical (unpaired) electrons. The highest BCUT2D eigenvalue weighted by atomic mass is 16.5. The number of aromatic nitrogens is 2. The Bertz CT molecular complexity index is 501. The summed E-state index contributed by atoms with van der Waals surface area (Å²) in [6.07, 6.45) is 5.67. The second-order valence-corrected chi connectivity index (χ2v) is 5.82. The molecule has 0 unspecified atom stereocenters. The van der Waals surface area contributed by atoms with Gasteiger partial charge < -0.3 is 10.1 Å². The number of ether oxygens (including phenoxy) is 1. The Morgan fingerprint density at radius 3 is 2.81 bits per heavy atom. The summed E-state index contributed by atoms with van der Waals surface area (Å²) in [5, 5.41) is 3.36. The highest BCUT2D eigenvalue weighted by Crippen LogP contribution is 2.25. The SMILES string of the molecule is Cc1nc2c(c(NCCCC(=O)OC(C)C)n1)CCCC2. The second kappa shape index (κ2) is 7.38. The van der Waals surface area contributed by atoms with E-state index in [1.807, 2.05) is 20.8 Å². The van der Waals surface area contributed by atoms with Crippen LogP contribution >= 0.6 is 0 Å². The smallest absolute Gasteiger partial charge is 0.306 e. The first-order valence-corrected chi connectivity index (χ1v) is 7.86. The maximum absolute atomic E-state index is 11.5. The van der Waals surface area contributed by atoms with E-state index in [1.54, 1.807) is 0 Å². The molecule has 0 spiro atoms. The molecule has 0 amide bonds. The Morgan fingerprint density at radius 1 is 1.29 bits per heavy atom. The minimum Gasteiger partial charge on any atom is -0.463 e. The van der Waals surface area contributed by atoms with Gasteiger partial charge in [0.25, 0.3) is 0 Å². The zero-order valence-electron chi connectivity index (χ0n) is 13.2. The van der Waals surface area contributed by atoms with Crippen LogP contribution < -0.4 is 5.32 Å². The van der Waals surface area contributed by atoms with Crippen LogP contribution in [-0.4, -0.2) is 28.6 Å². The number of rotatable bonds is 6. The van der Waals surface area contributed by atoms with E-state index in [4.69, 9.17) is 4.74 Å². The van der Waals surface area contributed by atoms with Crippen molar-refractivity contribution in [2.24, 2.45) is 0 Å². The number of nitrogens with one attached hydrogen (secondary N) is 1. The second-order valence-electron chi connectivity index (χ2n) is 5.82. The molecule has 5 heteroatoms. The van der Waals surface area contributed by atoms with Crippen molar-refractivity contribution < 1.29 is 9.53 Å². The summed E-state index contributed by atoms with van der Waals surface area (Å²) in [5.74, 6) is 1.64. The predicted octanol–water partition coefficient (Wildman–Crippen LogP) is 2.81. The third-order valence-corrected chi connectivity index (χ3v) is 3.51. The molecule has 116 valence electrons. The molecular weight excluding hydrogens is 266 g/mol. The van der Waals surface area contributed by atoms with E-state index in [0.29, 0.717) is 6.42 Å². The van der Waals surface area contributed by atoms with Crippen LogP contribution in [0, 0.1) is 6.92 Å². The molecule has 0 saturated heterocycles. The number of esters is 1. The lowest BCUT2D eigenvalue weighted by Gasteiger charge is -2.19. The average Bonchev–Trinajstić information content (AvgIpc) is 2.42. The first kappa shape index (κ1) is 15.7. The monoisotopic (exact) mass is 291 g/mol. The Hall–Kier alpha value is -1.65. The van der Waals surface area contributed by atoms with Gasteiger partial charge in [-0.15, -0.1) is 0 Å². The lowest BCUT2D eigenvalue weighted by molar-refractivity contribution is -0.147. The number of hydrogen-bond donors (Lipinski definition) is 1. The van der Waals surface area contributed by atoms with Gasteiger partial charge in [0.05, 0.1) is 6.10 Å². The Balaban J connectivity index is 1.86. The molecule has 21 heavy (non-hydrogen) atoms. The van der Waals surface area contributed by atoms with Crippen LogP contribution in [0.4, 0.5) is 5.82 Å². The largest absolute Gasteiger partial charge is 0.463 e. The van der Waals surface area contributed by atoms with Gasteiger partial charge in [0.2, 0.25) is 0 Å². The molecule has 0 aromatic carbocycles. The summed E-state index contributed by atoms with van der Waals surface area (Å²) in [5.41, 5.74) is 2.45. The molecule has 0 bridgehead atoms. The van der Waals surface area contributed by atoms with E-state index >= 15 is 0 Å². The van der Waals surface area contributed by atoms with Crippen LogP contribution in [0.25, 0.3) is 0 Å². The molecule has 5 nitrogen and oxygen atoms in total. The van der Waals surface area contributed by atoms with Gasteiger partial charge in [0.1, 0.15) is 11.6 Å². The third kappa shape index (κ3) is 4.69. The topological polar surface area (TPSA) is 64.1 Å². The molecule has 0 saturated carbocycles. The predicted molar refractivity (Wildman–Crippen MR) is 82.4 cm³/mol. The molecule has 1 N–H and O–H groups in total. The minimum absolute atomic E-state index is 0.0398. The highest BCUT2D eigenvalue weighted by Gasteiger charge is 2.16. The van der Waals surface area contributed by atoms with Crippen molar-refractivity contribution >= 4 is 11.8 Å². The normalized spacial score (nSPS) is 13.9. The van der Waals surface area contributed by atoms with E-state index in [-0.39, 0.29) is 12.1 Å². The summed E-state index contributed by atoms with van der Waals surface area (Å²) in [6, 6.07) is 0. The van der Waals surface area contributed by atoms with Gasteiger partial charge in [0, 0.05) is 24.2 Å². The fourth-order valence-corrected chi connectivity index (χ4v) is 2.63. The fourth-order valence-electron chi connectivity index (χ4n) is 2.63. The molecule has 0 atom stereocenters. The quantitative estimate of drug-likeness (QED) is 0.645. The molecule has 1 aromatic rings. The van der Waals surface area contributed by atoms with E-state index in [9.17, 15) is 4.79 Å². The van der Waals surface area contributed by atoms with Crippen LogP contribution in [0.3, 0.4) is 0 Å². The Kier molecular flexibility index (Phi) is 5.53. The number of hydrogen-bond acceptors (Lipinski definition) is 5. The zero-order chi connectivity index (χ0) is 15.2. The van der Waals surface area contributed by atoms with Crippen molar-refractivity contribution in [1.29, 1.82) is 0 Å². The van der Waals surface area contributed by atoms with E-state index < -0.39 is 0 Å². The van der Waals surface area contributed by atoms with Crippen molar-refractivity contribution in [3.05, 3.63) is 17.1 Å². The van der Waals surface area contributed by atoms with Crippen molar-refractivity contribution in [3.63, 3.8) is 0 Å². The molecule has 1 aromatic heterocycles. The molecule has 1 heterocycles. The van der Waals surface area contributed by atoms with Crippen molar-refractivity contribution in [2.75, 3.05) is 11.9 Å². The van der Waals surface area contributed by atoms with Gasteiger partial charge in [-0.2, -0.15) is 0 Å². The number of carbonyl (C=O) groups is 1. The molecule has 0 fully saturated rings. The van der Waals surface area contributed by atoms with Gasteiger partial charge in [-0.1, -0.05) is 0 Å². The Labute approximate surface area is 126 Å². The van der Waals surface area contributed by atoms with Gasteiger partial charge in [0.15, 0.2) is 0 Å². The van der Waals surface area contributed by atoms with Crippen LogP contribution in [0.2, 0.25) is 0 Å². The summed E-state index contributed by atoms with van der Waals surface area (Å²) in [4.78, 5) is 20.5. The van der Waals surface area contributed by atoms with Gasteiger partial charge in [-0.3, -0.25) is 4.79 Å². The minimum atomic E-state index is -0.132. The number of nitrogens with zero attached hydrogens (tertiary/aromatic N) is 2. The summed E-state index contributed by atoms with van der Waals surface area (Å²) in [7, 11) is 0. The van der Waals surface area contributed by atoms with E-state index in [1.165, 1.54) is 24.1 Å². The van der Waals surface area contributed by atoms with Crippen molar-refractivity contribution in [1.82, 2.24) is 9.97 Å². The van der Waals surface area contributed by atoms with Crippen molar-refractivity contribution in [3.8, 4) is 0 Å².